The van der Waals surface area contributed by atoms with Crippen molar-refractivity contribution in [3.63, 3.8) is 0 Å². The summed E-state index contributed by atoms with van der Waals surface area (Å²) in [5.41, 5.74) is 3.81. The Hall–Kier alpha value is -1.40. The lowest BCUT2D eigenvalue weighted by Crippen LogP contribution is -2.48. The van der Waals surface area contributed by atoms with Crippen LogP contribution in [0.5, 0.6) is 0 Å². The van der Waals surface area contributed by atoms with Crippen molar-refractivity contribution in [1.29, 1.82) is 0 Å². The molecule has 0 unspecified atom stereocenters. The largest absolute Gasteiger partial charge is 0.354 e. The number of rotatable bonds is 5. The summed E-state index contributed by atoms with van der Waals surface area (Å²) in [7, 11) is 0. The number of nitrogens with zero attached hydrogens (tertiary/aromatic N) is 4. The molecule has 1 aliphatic rings. The molecular weight excluding hydrogens is 264 g/mol. The van der Waals surface area contributed by atoms with E-state index in [2.05, 4.69) is 52.9 Å². The third kappa shape index (κ3) is 3.83. The van der Waals surface area contributed by atoms with Crippen LogP contribution in [0.1, 0.15) is 39.2 Å². The molecule has 1 fully saturated rings. The summed E-state index contributed by atoms with van der Waals surface area (Å²) in [4.78, 5) is 13.6. The number of hydrazine groups is 1. The van der Waals surface area contributed by atoms with Gasteiger partial charge in [-0.3, -0.25) is 4.90 Å². The summed E-state index contributed by atoms with van der Waals surface area (Å²) in [6.07, 6.45) is 1.59. The molecule has 0 spiro atoms. The highest BCUT2D eigenvalue weighted by molar-refractivity contribution is 5.60. The van der Waals surface area contributed by atoms with Crippen LogP contribution in [0.25, 0.3) is 0 Å². The van der Waals surface area contributed by atoms with Crippen molar-refractivity contribution in [3.8, 4) is 0 Å². The van der Waals surface area contributed by atoms with Gasteiger partial charge < -0.3 is 10.3 Å². The van der Waals surface area contributed by atoms with E-state index in [0.717, 1.165) is 49.3 Å². The predicted octanol–water partition coefficient (Wildman–Crippen LogP) is 1.66. The summed E-state index contributed by atoms with van der Waals surface area (Å²) in [5, 5.41) is 0. The Morgan fingerprint density at radius 3 is 2.33 bits per heavy atom. The lowest BCUT2D eigenvalue weighted by molar-refractivity contribution is 0.230. The molecule has 1 aromatic rings. The minimum Gasteiger partial charge on any atom is -0.354 e. The second kappa shape index (κ2) is 7.04. The highest BCUT2D eigenvalue weighted by atomic mass is 15.3. The van der Waals surface area contributed by atoms with Crippen molar-refractivity contribution >= 4 is 11.6 Å². The second-order valence-corrected chi connectivity index (χ2v) is 6.44. The molecule has 0 aliphatic carbocycles. The van der Waals surface area contributed by atoms with E-state index >= 15 is 0 Å². The number of nitrogens with two attached hydrogens (primary N) is 1. The van der Waals surface area contributed by atoms with Crippen LogP contribution in [0.2, 0.25) is 0 Å². The van der Waals surface area contributed by atoms with Crippen LogP contribution in [0, 0.1) is 5.92 Å². The van der Waals surface area contributed by atoms with E-state index in [-0.39, 0.29) is 0 Å². The molecule has 0 amide bonds. The topological polar surface area (TPSA) is 70.3 Å². The van der Waals surface area contributed by atoms with Crippen molar-refractivity contribution in [2.75, 3.05) is 43.0 Å². The van der Waals surface area contributed by atoms with E-state index in [0.29, 0.717) is 5.92 Å². The number of piperazine rings is 1. The van der Waals surface area contributed by atoms with Gasteiger partial charge in [-0.1, -0.05) is 27.7 Å². The number of anilines is 2. The van der Waals surface area contributed by atoms with Gasteiger partial charge >= 0.3 is 0 Å². The number of nitrogens with one attached hydrogen (secondary N) is 1. The Morgan fingerprint density at radius 1 is 1.14 bits per heavy atom. The number of hydrogen-bond donors (Lipinski definition) is 2. The van der Waals surface area contributed by atoms with E-state index in [1.54, 1.807) is 6.33 Å². The molecule has 118 valence electrons. The number of hydrogen-bond acceptors (Lipinski definition) is 6. The first-order valence-electron chi connectivity index (χ1n) is 7.81. The Bertz CT molecular complexity index is 451. The van der Waals surface area contributed by atoms with Crippen molar-refractivity contribution < 1.29 is 0 Å². The molecule has 0 radical (unpaired) electrons. The summed E-state index contributed by atoms with van der Waals surface area (Å²) in [6, 6.07) is 0. The fourth-order valence-corrected chi connectivity index (χ4v) is 2.94. The third-order valence-electron chi connectivity index (χ3n) is 3.87. The van der Waals surface area contributed by atoms with Crippen LogP contribution >= 0.6 is 0 Å². The fourth-order valence-electron chi connectivity index (χ4n) is 2.94. The Morgan fingerprint density at radius 2 is 1.81 bits per heavy atom. The first kappa shape index (κ1) is 16.0. The van der Waals surface area contributed by atoms with E-state index in [9.17, 15) is 0 Å². The average molecular weight is 292 g/mol. The zero-order valence-electron chi connectivity index (χ0n) is 13.6. The summed E-state index contributed by atoms with van der Waals surface area (Å²) < 4.78 is 0. The number of nitrogen functional groups attached to an aromatic ring is 1. The normalized spacial score (nSPS) is 16.8. The van der Waals surface area contributed by atoms with Crippen molar-refractivity contribution in [2.45, 2.75) is 33.6 Å². The van der Waals surface area contributed by atoms with Gasteiger partial charge in [0.05, 0.1) is 0 Å². The maximum absolute atomic E-state index is 5.60. The monoisotopic (exact) mass is 292 g/mol. The highest BCUT2D eigenvalue weighted by Gasteiger charge is 2.23. The molecule has 2 heterocycles. The molecule has 1 aromatic heterocycles. The van der Waals surface area contributed by atoms with Gasteiger partial charge in [0.25, 0.3) is 0 Å². The molecule has 0 atom stereocenters. The molecule has 2 rings (SSSR count). The van der Waals surface area contributed by atoms with Gasteiger partial charge in [0.1, 0.15) is 18.0 Å². The standard InChI is InChI=1S/C15H28N6/c1-11(2)9-20-5-7-21(8-6-20)15-13(12(3)4)14(19-16)17-10-18-15/h10-12H,5-9,16H2,1-4H3,(H,17,18,19). The molecule has 1 aliphatic heterocycles. The molecule has 6 heteroatoms. The van der Waals surface area contributed by atoms with E-state index in [1.165, 1.54) is 6.54 Å². The van der Waals surface area contributed by atoms with Crippen LogP contribution in [-0.2, 0) is 0 Å². The van der Waals surface area contributed by atoms with Gasteiger partial charge in [-0.15, -0.1) is 0 Å². The minimum absolute atomic E-state index is 0.334. The van der Waals surface area contributed by atoms with Crippen LogP contribution in [0.4, 0.5) is 11.6 Å². The van der Waals surface area contributed by atoms with Gasteiger partial charge in [-0.25, -0.2) is 15.8 Å². The summed E-state index contributed by atoms with van der Waals surface area (Å²) in [6.45, 7) is 14.2. The van der Waals surface area contributed by atoms with Gasteiger partial charge in [0.15, 0.2) is 0 Å². The average Bonchev–Trinajstić information content (AvgIpc) is 2.46. The minimum atomic E-state index is 0.334. The molecule has 6 nitrogen and oxygen atoms in total. The van der Waals surface area contributed by atoms with Gasteiger partial charge in [0.2, 0.25) is 0 Å². The van der Waals surface area contributed by atoms with Crippen LogP contribution in [0.3, 0.4) is 0 Å². The van der Waals surface area contributed by atoms with Crippen molar-refractivity contribution in [3.05, 3.63) is 11.9 Å². The fraction of sp³-hybridized carbons (Fsp3) is 0.733. The Labute approximate surface area is 127 Å². The van der Waals surface area contributed by atoms with Crippen LogP contribution < -0.4 is 16.2 Å². The predicted molar refractivity (Wildman–Crippen MR) is 87.4 cm³/mol. The summed E-state index contributed by atoms with van der Waals surface area (Å²) >= 11 is 0. The maximum atomic E-state index is 5.60. The van der Waals surface area contributed by atoms with Gasteiger partial charge in [-0.2, -0.15) is 0 Å². The zero-order chi connectivity index (χ0) is 15.4. The molecule has 0 saturated carbocycles. The molecule has 0 bridgehead atoms. The number of aromatic nitrogens is 2. The molecule has 3 N–H and O–H groups in total. The van der Waals surface area contributed by atoms with E-state index in [1.807, 2.05) is 0 Å². The lowest BCUT2D eigenvalue weighted by Gasteiger charge is -2.37. The van der Waals surface area contributed by atoms with E-state index < -0.39 is 0 Å². The zero-order valence-corrected chi connectivity index (χ0v) is 13.6. The SMILES string of the molecule is CC(C)CN1CCN(c2ncnc(NN)c2C(C)C)CC1. The van der Waals surface area contributed by atoms with Crippen LogP contribution in [-0.4, -0.2) is 47.6 Å². The van der Waals surface area contributed by atoms with E-state index in [4.69, 9.17) is 5.84 Å². The lowest BCUT2D eigenvalue weighted by atomic mass is 10.0. The smallest absolute Gasteiger partial charge is 0.148 e. The Balaban J connectivity index is 2.13. The quantitative estimate of drug-likeness (QED) is 0.635. The maximum Gasteiger partial charge on any atom is 0.148 e. The first-order valence-corrected chi connectivity index (χ1v) is 7.81. The van der Waals surface area contributed by atoms with Crippen molar-refractivity contribution in [2.24, 2.45) is 11.8 Å². The second-order valence-electron chi connectivity index (χ2n) is 6.44. The van der Waals surface area contributed by atoms with Crippen LogP contribution in [0.15, 0.2) is 6.33 Å². The molecule has 1 saturated heterocycles. The van der Waals surface area contributed by atoms with Gasteiger partial charge in [-0.05, 0) is 11.8 Å². The highest BCUT2D eigenvalue weighted by Crippen LogP contribution is 2.30. The third-order valence-corrected chi connectivity index (χ3v) is 3.87. The molecular formula is C15H28N6. The molecule has 0 aromatic carbocycles. The summed E-state index contributed by atoms with van der Waals surface area (Å²) in [5.74, 6) is 8.41. The Kier molecular flexibility index (Phi) is 5.36. The first-order chi connectivity index (χ1) is 10.0. The molecule has 21 heavy (non-hydrogen) atoms. The van der Waals surface area contributed by atoms with Crippen molar-refractivity contribution in [1.82, 2.24) is 14.9 Å². The van der Waals surface area contributed by atoms with Gasteiger partial charge in [0, 0.05) is 38.3 Å².